The highest BCUT2D eigenvalue weighted by Crippen LogP contribution is 2.22. The standard InChI is InChI=1S/C12H15NO3S/c1-13(11-5-3-2-4-6-11)12(14)10-7-8-17(15,16)9-10/h2-6,10H,7-9H2,1H3. The molecule has 0 aromatic heterocycles. The van der Waals surface area contributed by atoms with Crippen molar-refractivity contribution in [3.63, 3.8) is 0 Å². The molecule has 4 nitrogen and oxygen atoms in total. The molecule has 1 saturated heterocycles. The van der Waals surface area contributed by atoms with E-state index in [1.807, 2.05) is 30.3 Å². The van der Waals surface area contributed by atoms with Crippen LogP contribution in [0.3, 0.4) is 0 Å². The van der Waals surface area contributed by atoms with Crippen LogP contribution in [0.5, 0.6) is 0 Å². The molecule has 1 atom stereocenters. The van der Waals surface area contributed by atoms with E-state index in [4.69, 9.17) is 0 Å². The molecule has 1 aliphatic rings. The van der Waals surface area contributed by atoms with Gasteiger partial charge in [-0.1, -0.05) is 18.2 Å². The van der Waals surface area contributed by atoms with Crippen LogP contribution < -0.4 is 4.90 Å². The molecule has 1 heterocycles. The van der Waals surface area contributed by atoms with E-state index in [1.54, 1.807) is 7.05 Å². The zero-order chi connectivity index (χ0) is 12.5. The van der Waals surface area contributed by atoms with Crippen molar-refractivity contribution in [1.82, 2.24) is 0 Å². The molecular weight excluding hydrogens is 238 g/mol. The summed E-state index contributed by atoms with van der Waals surface area (Å²) in [5, 5.41) is 0. The number of carbonyl (C=O) groups is 1. The number of para-hydroxylation sites is 1. The van der Waals surface area contributed by atoms with Crippen LogP contribution in [0, 0.1) is 5.92 Å². The van der Waals surface area contributed by atoms with Gasteiger partial charge in [-0.15, -0.1) is 0 Å². The van der Waals surface area contributed by atoms with Gasteiger partial charge in [-0.2, -0.15) is 0 Å². The molecule has 1 aromatic rings. The van der Waals surface area contributed by atoms with Gasteiger partial charge in [-0.3, -0.25) is 4.79 Å². The third-order valence-corrected chi connectivity index (χ3v) is 4.82. The minimum atomic E-state index is -3.00. The second kappa shape index (κ2) is 4.49. The topological polar surface area (TPSA) is 54.5 Å². The van der Waals surface area contributed by atoms with Crippen molar-refractivity contribution in [3.8, 4) is 0 Å². The molecule has 0 aliphatic carbocycles. The lowest BCUT2D eigenvalue weighted by Gasteiger charge is -2.20. The molecule has 1 unspecified atom stereocenters. The minimum absolute atomic E-state index is 0.0109. The first kappa shape index (κ1) is 12.1. The van der Waals surface area contributed by atoms with Crippen molar-refractivity contribution >= 4 is 21.4 Å². The van der Waals surface area contributed by atoms with Crippen molar-refractivity contribution in [2.75, 3.05) is 23.5 Å². The van der Waals surface area contributed by atoms with Crippen molar-refractivity contribution in [3.05, 3.63) is 30.3 Å². The van der Waals surface area contributed by atoms with Crippen LogP contribution in [-0.4, -0.2) is 32.9 Å². The van der Waals surface area contributed by atoms with Gasteiger partial charge in [0.05, 0.1) is 17.4 Å². The third-order valence-electron chi connectivity index (χ3n) is 3.06. The van der Waals surface area contributed by atoms with Crippen LogP contribution in [0.4, 0.5) is 5.69 Å². The summed E-state index contributed by atoms with van der Waals surface area (Å²) < 4.78 is 22.7. The van der Waals surface area contributed by atoms with Crippen molar-refractivity contribution < 1.29 is 13.2 Å². The quantitative estimate of drug-likeness (QED) is 0.792. The van der Waals surface area contributed by atoms with Crippen LogP contribution in [0.15, 0.2) is 30.3 Å². The highest BCUT2D eigenvalue weighted by molar-refractivity contribution is 7.91. The maximum atomic E-state index is 12.1. The molecule has 0 saturated carbocycles. The first-order chi connectivity index (χ1) is 7.99. The first-order valence-corrected chi connectivity index (χ1v) is 7.35. The predicted octanol–water partition coefficient (Wildman–Crippen LogP) is 1.08. The fraction of sp³-hybridized carbons (Fsp3) is 0.417. The fourth-order valence-electron chi connectivity index (χ4n) is 2.04. The van der Waals surface area contributed by atoms with E-state index in [1.165, 1.54) is 4.90 Å². The Balaban J connectivity index is 2.12. The summed E-state index contributed by atoms with van der Waals surface area (Å²) >= 11 is 0. The number of hydrogen-bond donors (Lipinski definition) is 0. The van der Waals surface area contributed by atoms with Crippen molar-refractivity contribution in [2.45, 2.75) is 6.42 Å². The van der Waals surface area contributed by atoms with Crippen LogP contribution in [-0.2, 0) is 14.6 Å². The summed E-state index contributed by atoms with van der Waals surface area (Å²) in [5.74, 6) is -0.378. The van der Waals surface area contributed by atoms with E-state index in [-0.39, 0.29) is 23.3 Å². The Kier molecular flexibility index (Phi) is 3.19. The fourth-order valence-corrected chi connectivity index (χ4v) is 3.78. The van der Waals surface area contributed by atoms with Gasteiger partial charge in [0, 0.05) is 12.7 Å². The molecule has 5 heteroatoms. The van der Waals surface area contributed by atoms with Gasteiger partial charge < -0.3 is 4.90 Å². The summed E-state index contributed by atoms with van der Waals surface area (Å²) in [4.78, 5) is 13.6. The smallest absolute Gasteiger partial charge is 0.230 e. The minimum Gasteiger partial charge on any atom is -0.315 e. The van der Waals surface area contributed by atoms with Crippen LogP contribution in [0.1, 0.15) is 6.42 Å². The van der Waals surface area contributed by atoms with Crippen molar-refractivity contribution in [2.24, 2.45) is 5.92 Å². The van der Waals surface area contributed by atoms with Crippen LogP contribution >= 0.6 is 0 Å². The van der Waals surface area contributed by atoms with Crippen LogP contribution in [0.25, 0.3) is 0 Å². The highest BCUT2D eigenvalue weighted by Gasteiger charge is 2.34. The SMILES string of the molecule is CN(C(=O)C1CCS(=O)(=O)C1)c1ccccc1. The molecule has 0 N–H and O–H groups in total. The van der Waals surface area contributed by atoms with Crippen LogP contribution in [0.2, 0.25) is 0 Å². The Morgan fingerprint density at radius 3 is 2.47 bits per heavy atom. The van der Waals surface area contributed by atoms with Gasteiger partial charge in [0.25, 0.3) is 0 Å². The lowest BCUT2D eigenvalue weighted by atomic mass is 10.1. The molecule has 0 bridgehead atoms. The summed E-state index contributed by atoms with van der Waals surface area (Å²) in [5.41, 5.74) is 0.793. The molecule has 92 valence electrons. The van der Waals surface area contributed by atoms with E-state index >= 15 is 0 Å². The molecule has 17 heavy (non-hydrogen) atoms. The number of carbonyl (C=O) groups excluding carboxylic acids is 1. The predicted molar refractivity (Wildman–Crippen MR) is 66.6 cm³/mol. The monoisotopic (exact) mass is 253 g/mol. The van der Waals surface area contributed by atoms with Gasteiger partial charge in [-0.05, 0) is 18.6 Å². The number of hydrogen-bond acceptors (Lipinski definition) is 3. The Labute approximate surface area is 101 Å². The molecule has 0 spiro atoms. The van der Waals surface area contributed by atoms with E-state index in [0.29, 0.717) is 6.42 Å². The number of nitrogens with zero attached hydrogens (tertiary/aromatic N) is 1. The largest absolute Gasteiger partial charge is 0.315 e. The zero-order valence-corrected chi connectivity index (χ0v) is 10.5. The average Bonchev–Trinajstić information content (AvgIpc) is 2.69. The lowest BCUT2D eigenvalue weighted by molar-refractivity contribution is -0.121. The summed E-state index contributed by atoms with van der Waals surface area (Å²) in [6.45, 7) is 0. The maximum Gasteiger partial charge on any atom is 0.230 e. The van der Waals surface area contributed by atoms with E-state index in [9.17, 15) is 13.2 Å². The number of amides is 1. The molecule has 0 radical (unpaired) electrons. The second-order valence-electron chi connectivity index (χ2n) is 4.33. The van der Waals surface area contributed by atoms with Gasteiger partial charge in [0.1, 0.15) is 0 Å². The Morgan fingerprint density at radius 1 is 1.29 bits per heavy atom. The average molecular weight is 253 g/mol. The molecule has 1 aliphatic heterocycles. The molecule has 2 rings (SSSR count). The summed E-state index contributed by atoms with van der Waals surface area (Å²) in [7, 11) is -1.32. The van der Waals surface area contributed by atoms with E-state index in [2.05, 4.69) is 0 Å². The zero-order valence-electron chi connectivity index (χ0n) is 9.67. The number of anilines is 1. The lowest BCUT2D eigenvalue weighted by Crippen LogP contribution is -2.33. The Hall–Kier alpha value is -1.36. The third kappa shape index (κ3) is 2.66. The normalized spacial score (nSPS) is 22.3. The van der Waals surface area contributed by atoms with Gasteiger partial charge in [0.2, 0.25) is 5.91 Å². The van der Waals surface area contributed by atoms with E-state index < -0.39 is 9.84 Å². The maximum absolute atomic E-state index is 12.1. The first-order valence-electron chi connectivity index (χ1n) is 5.53. The Bertz CT molecular complexity index is 510. The van der Waals surface area contributed by atoms with Gasteiger partial charge >= 0.3 is 0 Å². The summed E-state index contributed by atoms with van der Waals surface area (Å²) in [6, 6.07) is 9.25. The summed E-state index contributed by atoms with van der Waals surface area (Å²) in [6.07, 6.45) is 0.443. The van der Waals surface area contributed by atoms with Gasteiger partial charge in [-0.25, -0.2) is 8.42 Å². The second-order valence-corrected chi connectivity index (χ2v) is 6.56. The number of rotatable bonds is 2. The molecule has 1 amide bonds. The highest BCUT2D eigenvalue weighted by atomic mass is 32.2. The molecule has 1 fully saturated rings. The molecule has 1 aromatic carbocycles. The van der Waals surface area contributed by atoms with Crippen molar-refractivity contribution in [1.29, 1.82) is 0 Å². The Morgan fingerprint density at radius 2 is 1.94 bits per heavy atom. The van der Waals surface area contributed by atoms with E-state index in [0.717, 1.165) is 5.69 Å². The number of benzene rings is 1. The molecular formula is C12H15NO3S. The van der Waals surface area contributed by atoms with Gasteiger partial charge in [0.15, 0.2) is 9.84 Å². The number of sulfone groups is 1.